The molecule has 31 heavy (non-hydrogen) atoms. The number of Topliss-reactive ketones (excluding diaryl/α,β-unsaturated/α-hetero) is 1. The lowest BCUT2D eigenvalue weighted by atomic mass is 9.77. The highest BCUT2D eigenvalue weighted by Crippen LogP contribution is 2.44. The molecular formula is C25H25NO5. The summed E-state index contributed by atoms with van der Waals surface area (Å²) in [5.41, 5.74) is 9.75. The Hall–Kier alpha value is -3.54. The minimum absolute atomic E-state index is 0.00919. The minimum Gasteiger partial charge on any atom is -0.489 e. The molecule has 1 heterocycles. The number of esters is 1. The molecule has 0 radical (unpaired) electrons. The molecule has 6 heteroatoms. The molecule has 0 saturated heterocycles. The van der Waals surface area contributed by atoms with Crippen LogP contribution in [0.25, 0.3) is 0 Å². The first-order valence-corrected chi connectivity index (χ1v) is 10.3. The molecule has 1 aliphatic carbocycles. The Kier molecular flexibility index (Phi) is 5.80. The molecule has 1 aliphatic heterocycles. The number of allylic oxidation sites excluding steroid dienone is 2. The normalized spacial score (nSPS) is 18.4. The molecule has 0 unspecified atom stereocenters. The lowest BCUT2D eigenvalue weighted by Crippen LogP contribution is -2.31. The first-order valence-electron chi connectivity index (χ1n) is 10.3. The Morgan fingerprint density at radius 3 is 2.65 bits per heavy atom. The second-order valence-corrected chi connectivity index (χ2v) is 7.76. The van der Waals surface area contributed by atoms with Gasteiger partial charge in [0.25, 0.3) is 0 Å². The lowest BCUT2D eigenvalue weighted by Gasteiger charge is -2.32. The molecule has 2 aliphatic rings. The average molecular weight is 419 g/mol. The van der Waals surface area contributed by atoms with Crippen LogP contribution in [-0.2, 0) is 25.7 Å². The molecule has 0 spiro atoms. The van der Waals surface area contributed by atoms with Crippen LogP contribution in [0.2, 0.25) is 0 Å². The van der Waals surface area contributed by atoms with E-state index in [9.17, 15) is 9.59 Å². The Morgan fingerprint density at radius 1 is 1.16 bits per heavy atom. The summed E-state index contributed by atoms with van der Waals surface area (Å²) in [6.45, 7) is 2.49. The van der Waals surface area contributed by atoms with E-state index in [4.69, 9.17) is 19.9 Å². The van der Waals surface area contributed by atoms with Crippen LogP contribution < -0.4 is 10.5 Å². The smallest absolute Gasteiger partial charge is 0.340 e. The van der Waals surface area contributed by atoms with Crippen molar-refractivity contribution in [1.29, 1.82) is 0 Å². The summed E-state index contributed by atoms with van der Waals surface area (Å²) in [4.78, 5) is 25.2. The molecule has 0 aromatic heterocycles. The van der Waals surface area contributed by atoms with Gasteiger partial charge in [0.1, 0.15) is 23.7 Å². The lowest BCUT2D eigenvalue weighted by molar-refractivity contribution is -0.136. The molecule has 0 amide bonds. The SMILES string of the molecule is COC(=O)C1=C(N)OC2=C(C(=O)CCC2)[C@@H]1c1ccc(OCc2cccc(C)c2)cc1. The zero-order valence-corrected chi connectivity index (χ0v) is 17.6. The van der Waals surface area contributed by atoms with E-state index in [1.807, 2.05) is 49.4 Å². The van der Waals surface area contributed by atoms with E-state index in [-0.39, 0.29) is 17.2 Å². The van der Waals surface area contributed by atoms with E-state index in [2.05, 4.69) is 6.07 Å². The third-order valence-electron chi connectivity index (χ3n) is 5.59. The number of rotatable bonds is 5. The van der Waals surface area contributed by atoms with Gasteiger partial charge in [-0.25, -0.2) is 4.79 Å². The number of carbonyl (C=O) groups excluding carboxylic acids is 2. The van der Waals surface area contributed by atoms with Crippen LogP contribution >= 0.6 is 0 Å². The maximum atomic E-state index is 12.8. The number of hydrogen-bond acceptors (Lipinski definition) is 6. The van der Waals surface area contributed by atoms with Crippen molar-refractivity contribution in [3.63, 3.8) is 0 Å². The Morgan fingerprint density at radius 2 is 1.94 bits per heavy atom. The van der Waals surface area contributed by atoms with Gasteiger partial charge in [-0.1, -0.05) is 42.0 Å². The maximum Gasteiger partial charge on any atom is 0.340 e. The molecule has 0 fully saturated rings. The molecule has 2 aromatic carbocycles. The third kappa shape index (κ3) is 4.19. The largest absolute Gasteiger partial charge is 0.489 e. The van der Waals surface area contributed by atoms with Gasteiger partial charge in [-0.05, 0) is 36.6 Å². The van der Waals surface area contributed by atoms with Crippen molar-refractivity contribution >= 4 is 11.8 Å². The standard InChI is InChI=1S/C25H25NO5/c1-15-5-3-6-16(13-15)14-30-18-11-9-17(10-12-18)21-22-19(27)7-4-8-20(22)31-24(26)23(21)25(28)29-2/h3,5-6,9-13,21H,4,7-8,14,26H2,1-2H3/t21-/m0/s1. The predicted molar refractivity (Wildman–Crippen MR) is 115 cm³/mol. The number of nitrogens with two attached hydrogens (primary N) is 1. The van der Waals surface area contributed by atoms with E-state index >= 15 is 0 Å². The molecule has 6 nitrogen and oxygen atoms in total. The fraction of sp³-hybridized carbons (Fsp3) is 0.280. The van der Waals surface area contributed by atoms with Gasteiger partial charge in [-0.2, -0.15) is 0 Å². The van der Waals surface area contributed by atoms with Gasteiger partial charge in [0.15, 0.2) is 5.78 Å². The molecule has 1 atom stereocenters. The summed E-state index contributed by atoms with van der Waals surface area (Å²) >= 11 is 0. The van der Waals surface area contributed by atoms with E-state index in [1.54, 1.807) is 0 Å². The summed E-state index contributed by atoms with van der Waals surface area (Å²) < 4.78 is 16.5. The van der Waals surface area contributed by atoms with Crippen LogP contribution in [-0.4, -0.2) is 18.9 Å². The number of methoxy groups -OCH3 is 1. The summed E-state index contributed by atoms with van der Waals surface area (Å²) in [5, 5.41) is 0. The minimum atomic E-state index is -0.616. The Bertz CT molecular complexity index is 1080. The van der Waals surface area contributed by atoms with Gasteiger partial charge in [-0.15, -0.1) is 0 Å². The first-order chi connectivity index (χ1) is 15.0. The molecule has 2 N–H and O–H groups in total. The molecule has 0 saturated carbocycles. The monoisotopic (exact) mass is 419 g/mol. The van der Waals surface area contributed by atoms with Gasteiger partial charge >= 0.3 is 5.97 Å². The second-order valence-electron chi connectivity index (χ2n) is 7.76. The summed E-state index contributed by atoms with van der Waals surface area (Å²) in [6, 6.07) is 15.5. The fourth-order valence-corrected chi connectivity index (χ4v) is 4.12. The van der Waals surface area contributed by atoms with Crippen molar-refractivity contribution in [2.24, 2.45) is 5.73 Å². The maximum absolute atomic E-state index is 12.8. The highest BCUT2D eigenvalue weighted by molar-refractivity contribution is 6.03. The average Bonchev–Trinajstić information content (AvgIpc) is 2.77. The van der Waals surface area contributed by atoms with Crippen LogP contribution in [0.3, 0.4) is 0 Å². The third-order valence-corrected chi connectivity index (χ3v) is 5.59. The molecule has 160 valence electrons. The number of hydrogen-bond donors (Lipinski definition) is 1. The molecule has 0 bridgehead atoms. The van der Waals surface area contributed by atoms with Crippen molar-refractivity contribution in [2.45, 2.75) is 38.7 Å². The number of aryl methyl sites for hydroxylation is 1. The zero-order valence-electron chi connectivity index (χ0n) is 17.6. The van der Waals surface area contributed by atoms with Crippen molar-refractivity contribution in [1.82, 2.24) is 0 Å². The Labute approximate surface area is 181 Å². The molecule has 2 aromatic rings. The second kappa shape index (κ2) is 8.68. The predicted octanol–water partition coefficient (Wildman–Crippen LogP) is 4.04. The highest BCUT2D eigenvalue weighted by atomic mass is 16.5. The topological polar surface area (TPSA) is 87.9 Å². The van der Waals surface area contributed by atoms with Gasteiger partial charge in [0.05, 0.1) is 13.0 Å². The highest BCUT2D eigenvalue weighted by Gasteiger charge is 2.41. The van der Waals surface area contributed by atoms with Crippen LogP contribution in [0.4, 0.5) is 0 Å². The van der Waals surface area contributed by atoms with E-state index < -0.39 is 11.9 Å². The zero-order chi connectivity index (χ0) is 22.0. The van der Waals surface area contributed by atoms with Crippen molar-refractivity contribution in [3.8, 4) is 5.75 Å². The first kappa shape index (κ1) is 20.7. The Balaban J connectivity index is 1.63. The van der Waals surface area contributed by atoms with Gasteiger partial charge in [-0.3, -0.25) is 4.79 Å². The van der Waals surface area contributed by atoms with Crippen LogP contribution in [0.1, 0.15) is 41.9 Å². The fourth-order valence-electron chi connectivity index (χ4n) is 4.12. The van der Waals surface area contributed by atoms with Crippen molar-refractivity contribution in [2.75, 3.05) is 7.11 Å². The summed E-state index contributed by atoms with van der Waals surface area (Å²) in [7, 11) is 1.29. The van der Waals surface area contributed by atoms with Gasteiger partial charge < -0.3 is 19.9 Å². The number of benzene rings is 2. The number of ether oxygens (including phenoxy) is 3. The van der Waals surface area contributed by atoms with Crippen LogP contribution in [0.15, 0.2) is 71.3 Å². The van der Waals surface area contributed by atoms with E-state index in [1.165, 1.54) is 12.7 Å². The van der Waals surface area contributed by atoms with Crippen molar-refractivity contribution in [3.05, 3.63) is 88.0 Å². The van der Waals surface area contributed by atoms with Gasteiger partial charge in [0, 0.05) is 18.4 Å². The van der Waals surface area contributed by atoms with Gasteiger partial charge in [0.2, 0.25) is 5.88 Å². The van der Waals surface area contributed by atoms with Crippen LogP contribution in [0.5, 0.6) is 5.75 Å². The quantitative estimate of drug-likeness (QED) is 0.736. The van der Waals surface area contributed by atoms with Crippen molar-refractivity contribution < 1.29 is 23.8 Å². The van der Waals surface area contributed by atoms with E-state index in [0.29, 0.717) is 43.0 Å². The number of carbonyl (C=O) groups is 2. The summed E-state index contributed by atoms with van der Waals surface area (Å²) in [5.74, 6) is -0.0174. The van der Waals surface area contributed by atoms with E-state index in [0.717, 1.165) is 11.1 Å². The molecular weight excluding hydrogens is 394 g/mol. The van der Waals surface area contributed by atoms with Crippen LogP contribution in [0, 0.1) is 6.92 Å². The summed E-state index contributed by atoms with van der Waals surface area (Å²) in [6.07, 6.45) is 1.74. The molecule has 4 rings (SSSR count). The number of ketones is 1.